The molecular weight excluding hydrogens is 639 g/mol. The molecule has 53 heavy (non-hydrogen) atoms. The Morgan fingerprint density at radius 3 is 0.868 bits per heavy atom. The van der Waals surface area contributed by atoms with Crippen molar-refractivity contribution in [2.24, 2.45) is 0 Å². The third-order valence-electron chi connectivity index (χ3n) is 10.1. The second-order valence-electron chi connectivity index (χ2n) is 14.7. The number of rotatable bonds is 8. The van der Waals surface area contributed by atoms with Crippen LogP contribution >= 0.6 is 0 Å². The molecule has 1 nitrogen and oxygen atoms in total. The molecule has 0 aromatic heterocycles. The van der Waals surface area contributed by atoms with Crippen LogP contribution in [0.1, 0.15) is 26.3 Å². The van der Waals surface area contributed by atoms with Crippen molar-refractivity contribution >= 4 is 17.1 Å². The van der Waals surface area contributed by atoms with Gasteiger partial charge in [-0.1, -0.05) is 191 Å². The summed E-state index contributed by atoms with van der Waals surface area (Å²) in [6, 6.07) is 74.5. The van der Waals surface area contributed by atoms with Gasteiger partial charge in [0.2, 0.25) is 0 Å². The molecule has 8 aromatic carbocycles. The van der Waals surface area contributed by atoms with Crippen LogP contribution in [0.15, 0.2) is 206 Å². The minimum absolute atomic E-state index is 0.132. The summed E-state index contributed by atoms with van der Waals surface area (Å²) in [6.07, 6.45) is 0. The molecule has 0 saturated heterocycles. The van der Waals surface area contributed by atoms with Crippen LogP contribution in [0.25, 0.3) is 55.6 Å². The molecule has 0 N–H and O–H groups in total. The van der Waals surface area contributed by atoms with Gasteiger partial charge in [0.1, 0.15) is 0 Å². The molecule has 0 spiro atoms. The molecule has 0 aliphatic rings. The third-order valence-corrected chi connectivity index (χ3v) is 10.1. The Hall–Kier alpha value is -6.44. The van der Waals surface area contributed by atoms with Crippen molar-refractivity contribution in [3.8, 4) is 55.6 Å². The molecule has 0 aliphatic heterocycles. The van der Waals surface area contributed by atoms with Crippen LogP contribution in [0, 0.1) is 0 Å². The predicted molar refractivity (Wildman–Crippen MR) is 227 cm³/mol. The quantitative estimate of drug-likeness (QED) is 0.154. The molecule has 8 rings (SSSR count). The van der Waals surface area contributed by atoms with Gasteiger partial charge in [-0.3, -0.25) is 0 Å². The Morgan fingerprint density at radius 2 is 0.528 bits per heavy atom. The molecule has 0 unspecified atom stereocenters. The van der Waals surface area contributed by atoms with Gasteiger partial charge < -0.3 is 4.90 Å². The van der Waals surface area contributed by atoms with Gasteiger partial charge in [0.05, 0.1) is 0 Å². The highest BCUT2D eigenvalue weighted by Gasteiger charge is 2.16. The van der Waals surface area contributed by atoms with Crippen molar-refractivity contribution in [2.45, 2.75) is 26.2 Å². The maximum Gasteiger partial charge on any atom is 0.0462 e. The largest absolute Gasteiger partial charge is 0.311 e. The van der Waals surface area contributed by atoms with Gasteiger partial charge in [-0.2, -0.15) is 0 Å². The molecule has 8 aromatic rings. The molecule has 1 heteroatoms. The Bertz CT molecular complexity index is 2320. The fourth-order valence-electron chi connectivity index (χ4n) is 7.10. The number of benzene rings is 8. The highest BCUT2D eigenvalue weighted by molar-refractivity contribution is 5.85. The van der Waals surface area contributed by atoms with E-state index in [4.69, 9.17) is 0 Å². The Kier molecular flexibility index (Phi) is 9.32. The van der Waals surface area contributed by atoms with Crippen molar-refractivity contribution in [3.05, 3.63) is 212 Å². The van der Waals surface area contributed by atoms with E-state index in [0.717, 1.165) is 17.1 Å². The smallest absolute Gasteiger partial charge is 0.0462 e. The lowest BCUT2D eigenvalue weighted by Gasteiger charge is -2.26. The van der Waals surface area contributed by atoms with Crippen LogP contribution in [0.3, 0.4) is 0 Å². The van der Waals surface area contributed by atoms with E-state index in [9.17, 15) is 0 Å². The van der Waals surface area contributed by atoms with Gasteiger partial charge in [0.15, 0.2) is 0 Å². The molecular formula is C52H43N. The standard InChI is InChI=1S/C52H43N/c1-52(2,3)46-30-22-45(23-31-46)51-17-11-10-16-50(51)44-20-18-40(19-21-44)43-28-36-49(37-29-43)53(47-32-24-41(25-33-47)38-12-6-4-7-13-38)48-34-26-42(27-35-48)39-14-8-5-9-15-39/h4-37H,1-3H3. The predicted octanol–water partition coefficient (Wildman–Crippen LogP) is 14.8. The minimum atomic E-state index is 0.132. The Balaban J connectivity index is 1.08. The van der Waals surface area contributed by atoms with Crippen molar-refractivity contribution in [1.82, 2.24) is 0 Å². The molecule has 0 atom stereocenters. The normalized spacial score (nSPS) is 11.3. The van der Waals surface area contributed by atoms with E-state index < -0.39 is 0 Å². The number of hydrogen-bond acceptors (Lipinski definition) is 1. The van der Waals surface area contributed by atoms with E-state index in [2.05, 4.69) is 232 Å². The van der Waals surface area contributed by atoms with Gasteiger partial charge in [-0.05, 0) is 103 Å². The number of hydrogen-bond donors (Lipinski definition) is 0. The lowest BCUT2D eigenvalue weighted by Crippen LogP contribution is -2.10. The van der Waals surface area contributed by atoms with Crippen molar-refractivity contribution < 1.29 is 0 Å². The summed E-state index contributed by atoms with van der Waals surface area (Å²) in [5, 5.41) is 0. The lowest BCUT2D eigenvalue weighted by molar-refractivity contribution is 0.590. The zero-order valence-corrected chi connectivity index (χ0v) is 30.6. The highest BCUT2D eigenvalue weighted by atomic mass is 15.1. The summed E-state index contributed by atoms with van der Waals surface area (Å²) < 4.78 is 0. The SMILES string of the molecule is CC(C)(C)c1ccc(-c2ccccc2-c2ccc(-c3ccc(N(c4ccc(-c5ccccc5)cc4)c4ccc(-c5ccccc5)cc4)cc3)cc2)cc1. The maximum atomic E-state index is 2.33. The summed E-state index contributed by atoms with van der Waals surface area (Å²) in [6.45, 7) is 6.78. The second-order valence-corrected chi connectivity index (χ2v) is 14.7. The molecule has 0 saturated carbocycles. The fourth-order valence-corrected chi connectivity index (χ4v) is 7.10. The first-order valence-electron chi connectivity index (χ1n) is 18.4. The van der Waals surface area contributed by atoms with E-state index in [-0.39, 0.29) is 5.41 Å². The maximum absolute atomic E-state index is 2.33. The summed E-state index contributed by atoms with van der Waals surface area (Å²) in [5.74, 6) is 0. The molecule has 0 aliphatic carbocycles. The summed E-state index contributed by atoms with van der Waals surface area (Å²) in [4.78, 5) is 2.33. The van der Waals surface area contributed by atoms with E-state index in [1.807, 2.05) is 0 Å². The second kappa shape index (κ2) is 14.7. The van der Waals surface area contributed by atoms with E-state index >= 15 is 0 Å². The molecule has 0 heterocycles. The van der Waals surface area contributed by atoms with Crippen molar-refractivity contribution in [1.29, 1.82) is 0 Å². The fraction of sp³-hybridized carbons (Fsp3) is 0.0769. The van der Waals surface area contributed by atoms with Gasteiger partial charge in [-0.25, -0.2) is 0 Å². The molecule has 0 bridgehead atoms. The topological polar surface area (TPSA) is 3.24 Å². The van der Waals surface area contributed by atoms with Crippen LogP contribution in [0.4, 0.5) is 17.1 Å². The number of anilines is 3. The lowest BCUT2D eigenvalue weighted by atomic mass is 9.85. The summed E-state index contributed by atoms with van der Waals surface area (Å²) in [7, 11) is 0. The van der Waals surface area contributed by atoms with Crippen LogP contribution in [0.5, 0.6) is 0 Å². The Labute approximate surface area is 314 Å². The van der Waals surface area contributed by atoms with E-state index in [0.29, 0.717) is 0 Å². The number of nitrogens with zero attached hydrogens (tertiary/aromatic N) is 1. The van der Waals surface area contributed by atoms with Gasteiger partial charge >= 0.3 is 0 Å². The first-order chi connectivity index (χ1) is 25.9. The molecule has 0 radical (unpaired) electrons. The Morgan fingerprint density at radius 1 is 0.264 bits per heavy atom. The van der Waals surface area contributed by atoms with E-state index in [1.165, 1.54) is 61.2 Å². The zero-order valence-electron chi connectivity index (χ0n) is 30.6. The van der Waals surface area contributed by atoms with Crippen molar-refractivity contribution in [2.75, 3.05) is 4.90 Å². The summed E-state index contributed by atoms with van der Waals surface area (Å²) in [5.41, 5.74) is 17.0. The average Bonchev–Trinajstić information content (AvgIpc) is 3.22. The first kappa shape index (κ1) is 33.7. The minimum Gasteiger partial charge on any atom is -0.311 e. The average molecular weight is 682 g/mol. The molecule has 0 fully saturated rings. The highest BCUT2D eigenvalue weighted by Crippen LogP contribution is 2.39. The molecule has 0 amide bonds. The van der Waals surface area contributed by atoms with Crippen LogP contribution in [0.2, 0.25) is 0 Å². The van der Waals surface area contributed by atoms with Crippen LogP contribution in [-0.4, -0.2) is 0 Å². The van der Waals surface area contributed by atoms with Crippen molar-refractivity contribution in [3.63, 3.8) is 0 Å². The van der Waals surface area contributed by atoms with Crippen LogP contribution < -0.4 is 4.90 Å². The van der Waals surface area contributed by atoms with Gasteiger partial charge in [-0.15, -0.1) is 0 Å². The summed E-state index contributed by atoms with van der Waals surface area (Å²) >= 11 is 0. The van der Waals surface area contributed by atoms with E-state index in [1.54, 1.807) is 0 Å². The third kappa shape index (κ3) is 7.34. The molecule has 256 valence electrons. The first-order valence-corrected chi connectivity index (χ1v) is 18.4. The van der Waals surface area contributed by atoms with Gasteiger partial charge in [0.25, 0.3) is 0 Å². The zero-order chi connectivity index (χ0) is 36.2. The monoisotopic (exact) mass is 681 g/mol. The van der Waals surface area contributed by atoms with Crippen LogP contribution in [-0.2, 0) is 5.41 Å². The van der Waals surface area contributed by atoms with Gasteiger partial charge in [0, 0.05) is 17.1 Å².